The molecular weight excluding hydrogens is 278 g/mol. The van der Waals surface area contributed by atoms with Crippen molar-refractivity contribution in [3.63, 3.8) is 0 Å². The third-order valence-electron chi connectivity index (χ3n) is 3.11. The molecule has 0 atom stereocenters. The van der Waals surface area contributed by atoms with Crippen molar-refractivity contribution >= 4 is 23.4 Å². The highest BCUT2D eigenvalue weighted by Gasteiger charge is 2.02. The zero-order chi connectivity index (χ0) is 14.9. The first kappa shape index (κ1) is 15.6. The summed E-state index contributed by atoms with van der Waals surface area (Å²) in [6.45, 7) is 2.02. The average Bonchev–Trinajstić information content (AvgIpc) is 2.48. The van der Waals surface area contributed by atoms with Crippen molar-refractivity contribution in [2.24, 2.45) is 0 Å². The number of hydrogen-bond acceptors (Lipinski definition) is 2. The second-order valence-electron chi connectivity index (χ2n) is 5.06. The van der Waals surface area contributed by atoms with Gasteiger partial charge in [0.2, 0.25) is 5.91 Å². The number of nitrogens with one attached hydrogen (secondary N) is 1. The fourth-order valence-electron chi connectivity index (χ4n) is 2.05. The number of anilines is 1. The molecule has 0 aliphatic carbocycles. The van der Waals surface area contributed by atoms with Gasteiger partial charge in [-0.15, -0.1) is 0 Å². The lowest BCUT2D eigenvalue weighted by Gasteiger charge is -2.06. The van der Waals surface area contributed by atoms with Crippen LogP contribution in [0, 0.1) is 6.92 Å². The predicted molar refractivity (Wildman–Crippen MR) is 91.6 cm³/mol. The summed E-state index contributed by atoms with van der Waals surface area (Å²) in [5.41, 5.74) is 3.38. The molecule has 1 N–H and O–H groups in total. The van der Waals surface area contributed by atoms with Gasteiger partial charge in [-0.1, -0.05) is 42.5 Å². The van der Waals surface area contributed by atoms with Crippen LogP contribution in [0.2, 0.25) is 0 Å². The number of carbonyl (C=O) groups is 1. The normalized spacial score (nSPS) is 10.3. The van der Waals surface area contributed by atoms with Crippen LogP contribution in [-0.4, -0.2) is 11.7 Å². The van der Waals surface area contributed by atoms with Crippen molar-refractivity contribution < 1.29 is 4.79 Å². The largest absolute Gasteiger partial charge is 0.326 e. The molecule has 21 heavy (non-hydrogen) atoms. The molecule has 1 amide bonds. The van der Waals surface area contributed by atoms with Gasteiger partial charge in [0.25, 0.3) is 0 Å². The fourth-order valence-corrected chi connectivity index (χ4v) is 2.97. The Hall–Kier alpha value is -1.74. The number of hydrogen-bond donors (Lipinski definition) is 1. The van der Waals surface area contributed by atoms with Crippen molar-refractivity contribution in [1.82, 2.24) is 0 Å². The first-order valence-electron chi connectivity index (χ1n) is 7.22. The Bertz CT molecular complexity index is 568. The molecule has 0 radical (unpaired) electrons. The molecular formula is C18H21NOS. The van der Waals surface area contributed by atoms with Crippen molar-refractivity contribution in [3.8, 4) is 0 Å². The van der Waals surface area contributed by atoms with Gasteiger partial charge in [0.15, 0.2) is 0 Å². The van der Waals surface area contributed by atoms with Gasteiger partial charge >= 0.3 is 0 Å². The monoisotopic (exact) mass is 299 g/mol. The van der Waals surface area contributed by atoms with Gasteiger partial charge in [0.1, 0.15) is 0 Å². The molecule has 0 aromatic heterocycles. The number of amides is 1. The summed E-state index contributed by atoms with van der Waals surface area (Å²) < 4.78 is 0. The SMILES string of the molecule is Cc1cccc(NC(=O)CCCSCc2ccccc2)c1. The Balaban J connectivity index is 1.61. The molecule has 2 aromatic rings. The Morgan fingerprint density at radius 2 is 1.90 bits per heavy atom. The minimum Gasteiger partial charge on any atom is -0.326 e. The second-order valence-corrected chi connectivity index (χ2v) is 6.16. The van der Waals surface area contributed by atoms with Crippen LogP contribution in [0.25, 0.3) is 0 Å². The molecule has 3 heteroatoms. The summed E-state index contributed by atoms with van der Waals surface area (Å²) in [6.07, 6.45) is 1.49. The lowest BCUT2D eigenvalue weighted by molar-refractivity contribution is -0.116. The Kier molecular flexibility index (Phi) is 6.35. The molecule has 0 aliphatic heterocycles. The average molecular weight is 299 g/mol. The van der Waals surface area contributed by atoms with Gasteiger partial charge in [-0.05, 0) is 42.4 Å². The molecule has 2 aromatic carbocycles. The lowest BCUT2D eigenvalue weighted by Crippen LogP contribution is -2.11. The van der Waals surface area contributed by atoms with Crippen LogP contribution in [-0.2, 0) is 10.5 Å². The first-order chi connectivity index (χ1) is 10.2. The smallest absolute Gasteiger partial charge is 0.224 e. The van der Waals surface area contributed by atoms with Gasteiger partial charge < -0.3 is 5.32 Å². The standard InChI is InChI=1S/C18H21NOS/c1-15-7-5-10-17(13-15)19-18(20)11-6-12-21-14-16-8-3-2-4-9-16/h2-5,7-10,13H,6,11-12,14H2,1H3,(H,19,20). The summed E-state index contributed by atoms with van der Waals surface area (Å²) in [5.74, 6) is 2.12. The van der Waals surface area contributed by atoms with Crippen molar-refractivity contribution in [2.75, 3.05) is 11.1 Å². The van der Waals surface area contributed by atoms with Crippen LogP contribution in [0.1, 0.15) is 24.0 Å². The highest BCUT2D eigenvalue weighted by molar-refractivity contribution is 7.98. The number of benzene rings is 2. The molecule has 0 aliphatic rings. The third-order valence-corrected chi connectivity index (χ3v) is 4.22. The van der Waals surface area contributed by atoms with Crippen LogP contribution in [0.4, 0.5) is 5.69 Å². The molecule has 0 saturated heterocycles. The number of thioether (sulfide) groups is 1. The first-order valence-corrected chi connectivity index (χ1v) is 8.38. The number of rotatable bonds is 7. The van der Waals surface area contributed by atoms with Crippen molar-refractivity contribution in [2.45, 2.75) is 25.5 Å². The molecule has 0 fully saturated rings. The highest BCUT2D eigenvalue weighted by atomic mass is 32.2. The Morgan fingerprint density at radius 3 is 2.67 bits per heavy atom. The maximum absolute atomic E-state index is 11.8. The maximum Gasteiger partial charge on any atom is 0.224 e. The van der Waals surface area contributed by atoms with Crippen LogP contribution in [0.3, 0.4) is 0 Å². The van der Waals surface area contributed by atoms with E-state index in [0.29, 0.717) is 6.42 Å². The summed E-state index contributed by atoms with van der Waals surface area (Å²) in [4.78, 5) is 11.8. The van der Waals surface area contributed by atoms with Crippen LogP contribution in [0.15, 0.2) is 54.6 Å². The van der Waals surface area contributed by atoms with E-state index >= 15 is 0 Å². The lowest BCUT2D eigenvalue weighted by atomic mass is 10.2. The summed E-state index contributed by atoms with van der Waals surface area (Å²) in [5, 5.41) is 2.94. The van der Waals surface area contributed by atoms with Gasteiger partial charge in [0.05, 0.1) is 0 Å². The third kappa shape index (κ3) is 6.05. The fraction of sp³-hybridized carbons (Fsp3) is 0.278. The van der Waals surface area contributed by atoms with E-state index in [2.05, 4.69) is 29.6 Å². The van der Waals surface area contributed by atoms with E-state index in [1.807, 2.05) is 49.0 Å². The van der Waals surface area contributed by atoms with Gasteiger partial charge in [-0.3, -0.25) is 4.79 Å². The van der Waals surface area contributed by atoms with E-state index in [1.165, 1.54) is 5.56 Å². The minimum atomic E-state index is 0.0981. The molecule has 2 rings (SSSR count). The van der Waals surface area contributed by atoms with E-state index in [4.69, 9.17) is 0 Å². The van der Waals surface area contributed by atoms with E-state index in [-0.39, 0.29) is 5.91 Å². The van der Waals surface area contributed by atoms with Crippen LogP contribution < -0.4 is 5.32 Å². The maximum atomic E-state index is 11.8. The highest BCUT2D eigenvalue weighted by Crippen LogP contribution is 2.14. The molecule has 0 heterocycles. The minimum absolute atomic E-state index is 0.0981. The molecule has 0 bridgehead atoms. The van der Waals surface area contributed by atoms with Crippen LogP contribution in [0.5, 0.6) is 0 Å². The summed E-state index contributed by atoms with van der Waals surface area (Å²) in [7, 11) is 0. The van der Waals surface area contributed by atoms with E-state index in [9.17, 15) is 4.79 Å². The van der Waals surface area contributed by atoms with Gasteiger partial charge in [0, 0.05) is 17.9 Å². The summed E-state index contributed by atoms with van der Waals surface area (Å²) >= 11 is 1.88. The zero-order valence-corrected chi connectivity index (χ0v) is 13.2. The predicted octanol–water partition coefficient (Wildman–Crippen LogP) is 4.65. The van der Waals surface area contributed by atoms with Crippen molar-refractivity contribution in [1.29, 1.82) is 0 Å². The zero-order valence-electron chi connectivity index (χ0n) is 12.3. The van der Waals surface area contributed by atoms with Crippen molar-refractivity contribution in [3.05, 3.63) is 65.7 Å². The quantitative estimate of drug-likeness (QED) is 0.754. The van der Waals surface area contributed by atoms with Gasteiger partial charge in [-0.2, -0.15) is 11.8 Å². The molecule has 110 valence electrons. The summed E-state index contributed by atoms with van der Waals surface area (Å²) in [6, 6.07) is 18.3. The van der Waals surface area contributed by atoms with E-state index in [1.54, 1.807) is 0 Å². The Morgan fingerprint density at radius 1 is 1.10 bits per heavy atom. The van der Waals surface area contributed by atoms with E-state index in [0.717, 1.165) is 29.2 Å². The molecule has 2 nitrogen and oxygen atoms in total. The Labute approximate surface area is 131 Å². The van der Waals surface area contributed by atoms with E-state index < -0.39 is 0 Å². The van der Waals surface area contributed by atoms with Crippen LogP contribution >= 0.6 is 11.8 Å². The number of aryl methyl sites for hydroxylation is 1. The second kappa shape index (κ2) is 8.53. The van der Waals surface area contributed by atoms with Gasteiger partial charge in [-0.25, -0.2) is 0 Å². The molecule has 0 spiro atoms. The molecule has 0 unspecified atom stereocenters. The molecule has 0 saturated carbocycles. The number of carbonyl (C=O) groups excluding carboxylic acids is 1. The topological polar surface area (TPSA) is 29.1 Å².